The van der Waals surface area contributed by atoms with Crippen LogP contribution in [0.15, 0.2) is 47.1 Å². The van der Waals surface area contributed by atoms with Crippen LogP contribution in [0.1, 0.15) is 22.5 Å². The Hall–Kier alpha value is -2.23. The molecule has 1 aromatic carbocycles. The van der Waals surface area contributed by atoms with Crippen molar-refractivity contribution in [3.63, 3.8) is 0 Å². The van der Waals surface area contributed by atoms with E-state index in [1.54, 1.807) is 18.4 Å². The van der Waals surface area contributed by atoms with Gasteiger partial charge in [-0.25, -0.2) is 4.79 Å². The predicted molar refractivity (Wildman–Crippen MR) is 65.9 cm³/mol. The molecule has 4 nitrogen and oxygen atoms in total. The van der Waals surface area contributed by atoms with Gasteiger partial charge >= 0.3 is 5.97 Å². The molecule has 94 valence electrons. The monoisotopic (exact) mass is 246 g/mol. The van der Waals surface area contributed by atoms with Crippen molar-refractivity contribution < 1.29 is 19.1 Å². The molecule has 0 unspecified atom stereocenters. The van der Waals surface area contributed by atoms with Crippen LogP contribution >= 0.6 is 0 Å². The number of benzene rings is 1. The average molecular weight is 246 g/mol. The summed E-state index contributed by atoms with van der Waals surface area (Å²) in [6.45, 7) is 0.532. The topological polar surface area (TPSA) is 59.7 Å². The van der Waals surface area contributed by atoms with Crippen molar-refractivity contribution in [1.29, 1.82) is 0 Å². The summed E-state index contributed by atoms with van der Waals surface area (Å²) in [5, 5.41) is 8.84. The normalized spacial score (nSPS) is 10.2. The van der Waals surface area contributed by atoms with Gasteiger partial charge in [-0.2, -0.15) is 0 Å². The Bertz CT molecular complexity index is 502. The first-order valence-corrected chi connectivity index (χ1v) is 5.74. The van der Waals surface area contributed by atoms with E-state index in [4.69, 9.17) is 14.3 Å². The summed E-state index contributed by atoms with van der Waals surface area (Å²) >= 11 is 0. The lowest BCUT2D eigenvalue weighted by Gasteiger charge is -2.06. The van der Waals surface area contributed by atoms with Crippen molar-refractivity contribution in [3.05, 3.63) is 54.0 Å². The van der Waals surface area contributed by atoms with Crippen molar-refractivity contribution >= 4 is 5.97 Å². The summed E-state index contributed by atoms with van der Waals surface area (Å²) in [4.78, 5) is 10.8. The zero-order valence-electron chi connectivity index (χ0n) is 9.83. The number of carboxylic acids is 1. The quantitative estimate of drug-likeness (QED) is 0.796. The molecule has 0 amide bonds. The fourth-order valence-electron chi connectivity index (χ4n) is 1.61. The fourth-order valence-corrected chi connectivity index (χ4v) is 1.61. The van der Waals surface area contributed by atoms with E-state index in [-0.39, 0.29) is 5.56 Å². The van der Waals surface area contributed by atoms with Crippen molar-refractivity contribution in [2.24, 2.45) is 0 Å². The molecule has 18 heavy (non-hydrogen) atoms. The van der Waals surface area contributed by atoms with Crippen LogP contribution in [-0.4, -0.2) is 17.7 Å². The van der Waals surface area contributed by atoms with E-state index >= 15 is 0 Å². The number of ether oxygens (including phenoxy) is 1. The molecule has 2 rings (SSSR count). The van der Waals surface area contributed by atoms with Crippen LogP contribution in [0, 0.1) is 0 Å². The van der Waals surface area contributed by atoms with Crippen molar-refractivity contribution in [3.8, 4) is 5.75 Å². The minimum absolute atomic E-state index is 0.235. The van der Waals surface area contributed by atoms with E-state index in [0.29, 0.717) is 12.4 Å². The third-order valence-electron chi connectivity index (χ3n) is 2.50. The smallest absolute Gasteiger partial charge is 0.335 e. The number of aryl methyl sites for hydroxylation is 1. The number of rotatable bonds is 6. The maximum Gasteiger partial charge on any atom is 0.335 e. The molecule has 1 N–H and O–H groups in total. The Kier molecular flexibility index (Phi) is 4.02. The molecule has 0 fully saturated rings. The molecule has 0 radical (unpaired) electrons. The van der Waals surface area contributed by atoms with Gasteiger partial charge in [0, 0.05) is 6.42 Å². The summed E-state index contributed by atoms with van der Waals surface area (Å²) in [7, 11) is 0. The zero-order valence-corrected chi connectivity index (χ0v) is 9.83. The minimum Gasteiger partial charge on any atom is -0.494 e. The Morgan fingerprint density at radius 3 is 2.89 bits per heavy atom. The molecule has 0 saturated heterocycles. The summed E-state index contributed by atoms with van der Waals surface area (Å²) in [6, 6.07) is 10.3. The summed E-state index contributed by atoms with van der Waals surface area (Å²) in [5.41, 5.74) is 0.235. The van der Waals surface area contributed by atoms with Gasteiger partial charge in [-0.05, 0) is 36.8 Å². The summed E-state index contributed by atoms with van der Waals surface area (Å²) in [5.74, 6) is 0.559. The SMILES string of the molecule is O=C(O)c1cccc(OCCCc2ccco2)c1. The highest BCUT2D eigenvalue weighted by Gasteiger charge is 2.03. The molecule has 0 atom stereocenters. The lowest BCUT2D eigenvalue weighted by atomic mass is 10.2. The number of carboxylic acid groups (broad SMARTS) is 1. The van der Waals surface area contributed by atoms with E-state index in [2.05, 4.69) is 0 Å². The van der Waals surface area contributed by atoms with Gasteiger partial charge in [-0.3, -0.25) is 0 Å². The van der Waals surface area contributed by atoms with Gasteiger partial charge < -0.3 is 14.3 Å². The Morgan fingerprint density at radius 1 is 1.28 bits per heavy atom. The number of hydrogen-bond donors (Lipinski definition) is 1. The lowest BCUT2D eigenvalue weighted by molar-refractivity contribution is 0.0696. The highest BCUT2D eigenvalue weighted by molar-refractivity contribution is 5.87. The molecule has 0 saturated carbocycles. The molecule has 4 heteroatoms. The van der Waals surface area contributed by atoms with Gasteiger partial charge in [0.25, 0.3) is 0 Å². The van der Waals surface area contributed by atoms with Crippen LogP contribution in [0.3, 0.4) is 0 Å². The summed E-state index contributed by atoms with van der Waals surface area (Å²) < 4.78 is 10.7. The molecular formula is C14H14O4. The van der Waals surface area contributed by atoms with E-state index in [1.807, 2.05) is 12.1 Å². The third kappa shape index (κ3) is 3.38. The largest absolute Gasteiger partial charge is 0.494 e. The summed E-state index contributed by atoms with van der Waals surface area (Å²) in [6.07, 6.45) is 3.28. The first-order chi connectivity index (χ1) is 8.75. The number of hydrogen-bond acceptors (Lipinski definition) is 3. The number of carbonyl (C=O) groups is 1. The van der Waals surface area contributed by atoms with Crippen molar-refractivity contribution in [2.75, 3.05) is 6.61 Å². The van der Waals surface area contributed by atoms with E-state index in [9.17, 15) is 4.79 Å². The lowest BCUT2D eigenvalue weighted by Crippen LogP contribution is -2.01. The Morgan fingerprint density at radius 2 is 2.17 bits per heavy atom. The zero-order chi connectivity index (χ0) is 12.8. The second-order valence-corrected chi connectivity index (χ2v) is 3.86. The molecule has 1 heterocycles. The van der Waals surface area contributed by atoms with Crippen LogP contribution in [0.25, 0.3) is 0 Å². The Labute approximate surface area is 105 Å². The Balaban J connectivity index is 1.79. The van der Waals surface area contributed by atoms with Gasteiger partial charge in [0.2, 0.25) is 0 Å². The number of furan rings is 1. The number of aromatic carboxylic acids is 1. The van der Waals surface area contributed by atoms with Crippen LogP contribution in [0.2, 0.25) is 0 Å². The highest BCUT2D eigenvalue weighted by Crippen LogP contribution is 2.14. The maximum atomic E-state index is 10.8. The van der Waals surface area contributed by atoms with Crippen molar-refractivity contribution in [2.45, 2.75) is 12.8 Å². The fraction of sp³-hybridized carbons (Fsp3) is 0.214. The van der Waals surface area contributed by atoms with Gasteiger partial charge in [-0.15, -0.1) is 0 Å². The molecule has 1 aromatic heterocycles. The second kappa shape index (κ2) is 5.91. The first kappa shape index (κ1) is 12.2. The molecule has 0 spiro atoms. The standard InChI is InChI=1S/C14H14O4/c15-14(16)11-4-1-5-13(10-11)18-9-3-7-12-6-2-8-17-12/h1-2,4-6,8,10H,3,7,9H2,(H,15,16). The molecular weight excluding hydrogens is 232 g/mol. The highest BCUT2D eigenvalue weighted by atomic mass is 16.5. The predicted octanol–water partition coefficient (Wildman–Crippen LogP) is 2.99. The molecule has 0 aliphatic rings. The third-order valence-corrected chi connectivity index (χ3v) is 2.50. The van der Waals surface area contributed by atoms with Crippen LogP contribution < -0.4 is 4.74 Å². The van der Waals surface area contributed by atoms with Gasteiger partial charge in [-0.1, -0.05) is 6.07 Å². The molecule has 0 aliphatic heterocycles. The minimum atomic E-state index is -0.948. The van der Waals surface area contributed by atoms with Crippen LogP contribution in [-0.2, 0) is 6.42 Å². The van der Waals surface area contributed by atoms with E-state index in [0.717, 1.165) is 18.6 Å². The molecule has 2 aromatic rings. The second-order valence-electron chi connectivity index (χ2n) is 3.86. The average Bonchev–Trinajstić information content (AvgIpc) is 2.88. The van der Waals surface area contributed by atoms with Crippen LogP contribution in [0.5, 0.6) is 5.75 Å². The van der Waals surface area contributed by atoms with Gasteiger partial charge in [0.1, 0.15) is 11.5 Å². The maximum absolute atomic E-state index is 10.8. The molecule has 0 aliphatic carbocycles. The first-order valence-electron chi connectivity index (χ1n) is 5.74. The van der Waals surface area contributed by atoms with E-state index < -0.39 is 5.97 Å². The van der Waals surface area contributed by atoms with Gasteiger partial charge in [0.15, 0.2) is 0 Å². The van der Waals surface area contributed by atoms with Crippen molar-refractivity contribution in [1.82, 2.24) is 0 Å². The molecule has 0 bridgehead atoms. The van der Waals surface area contributed by atoms with Gasteiger partial charge in [0.05, 0.1) is 18.4 Å². The van der Waals surface area contributed by atoms with Crippen LogP contribution in [0.4, 0.5) is 0 Å². The van der Waals surface area contributed by atoms with E-state index in [1.165, 1.54) is 12.1 Å².